The number of piperidine rings is 1. The standard InChI is InChI=1S/C16H24ClFN2/c1-12(2)20(10-13-4-3-7-19-9-13)11-14-5-6-15(18)8-16(14)17/h5-6,8,12-13,19H,3-4,7,9-11H2,1-2H3. The molecule has 1 aliphatic rings. The number of hydrogen-bond donors (Lipinski definition) is 1. The Bertz CT molecular complexity index is 430. The van der Waals surface area contributed by atoms with Crippen LogP contribution in [0.4, 0.5) is 4.39 Å². The molecule has 0 saturated carbocycles. The summed E-state index contributed by atoms with van der Waals surface area (Å²) in [5, 5.41) is 3.98. The molecule has 1 saturated heterocycles. The highest BCUT2D eigenvalue weighted by Gasteiger charge is 2.19. The van der Waals surface area contributed by atoms with E-state index >= 15 is 0 Å². The monoisotopic (exact) mass is 298 g/mol. The molecule has 1 aliphatic heterocycles. The van der Waals surface area contributed by atoms with Crippen LogP contribution in [0.2, 0.25) is 5.02 Å². The van der Waals surface area contributed by atoms with E-state index in [-0.39, 0.29) is 5.82 Å². The Balaban J connectivity index is 2.01. The van der Waals surface area contributed by atoms with Gasteiger partial charge < -0.3 is 5.32 Å². The second-order valence-electron chi connectivity index (χ2n) is 5.97. The van der Waals surface area contributed by atoms with Gasteiger partial charge in [-0.1, -0.05) is 17.7 Å². The van der Waals surface area contributed by atoms with Crippen molar-refractivity contribution in [2.24, 2.45) is 5.92 Å². The normalized spacial score (nSPS) is 19.8. The molecule has 0 bridgehead atoms. The molecule has 20 heavy (non-hydrogen) atoms. The Kier molecular flexibility index (Phi) is 5.82. The van der Waals surface area contributed by atoms with E-state index in [0.29, 0.717) is 17.0 Å². The van der Waals surface area contributed by atoms with Crippen molar-refractivity contribution in [2.45, 2.75) is 39.3 Å². The zero-order valence-electron chi connectivity index (χ0n) is 12.3. The minimum absolute atomic E-state index is 0.272. The maximum absolute atomic E-state index is 13.1. The third-order valence-corrected chi connectivity index (χ3v) is 4.36. The highest BCUT2D eigenvalue weighted by atomic mass is 35.5. The first-order chi connectivity index (χ1) is 9.56. The molecule has 0 amide bonds. The Hall–Kier alpha value is -0.640. The van der Waals surface area contributed by atoms with Crippen molar-refractivity contribution in [2.75, 3.05) is 19.6 Å². The topological polar surface area (TPSA) is 15.3 Å². The van der Waals surface area contributed by atoms with Crippen molar-refractivity contribution in [1.29, 1.82) is 0 Å². The van der Waals surface area contributed by atoms with Crippen molar-refractivity contribution in [3.8, 4) is 0 Å². The lowest BCUT2D eigenvalue weighted by Gasteiger charge is -2.33. The van der Waals surface area contributed by atoms with Crippen molar-refractivity contribution < 1.29 is 4.39 Å². The number of hydrogen-bond acceptors (Lipinski definition) is 2. The maximum Gasteiger partial charge on any atom is 0.124 e. The lowest BCUT2D eigenvalue weighted by atomic mass is 9.98. The average molecular weight is 299 g/mol. The quantitative estimate of drug-likeness (QED) is 0.892. The molecule has 1 unspecified atom stereocenters. The summed E-state index contributed by atoms with van der Waals surface area (Å²) in [5.74, 6) is 0.428. The molecule has 0 aliphatic carbocycles. The van der Waals surface area contributed by atoms with Gasteiger partial charge >= 0.3 is 0 Å². The summed E-state index contributed by atoms with van der Waals surface area (Å²) >= 11 is 6.14. The molecule has 1 aromatic rings. The van der Waals surface area contributed by atoms with E-state index in [1.807, 2.05) is 0 Å². The van der Waals surface area contributed by atoms with Crippen LogP contribution in [-0.4, -0.2) is 30.6 Å². The largest absolute Gasteiger partial charge is 0.316 e. The SMILES string of the molecule is CC(C)N(Cc1ccc(F)cc1Cl)CC1CCCNC1. The third kappa shape index (κ3) is 4.44. The first-order valence-corrected chi connectivity index (χ1v) is 7.82. The molecular formula is C16H24ClFN2. The zero-order valence-corrected chi connectivity index (χ0v) is 13.1. The second-order valence-corrected chi connectivity index (χ2v) is 6.38. The average Bonchev–Trinajstić information content (AvgIpc) is 2.42. The third-order valence-electron chi connectivity index (χ3n) is 4.01. The Morgan fingerprint density at radius 1 is 1.45 bits per heavy atom. The van der Waals surface area contributed by atoms with Crippen LogP contribution >= 0.6 is 11.6 Å². The Labute approximate surface area is 126 Å². The number of rotatable bonds is 5. The van der Waals surface area contributed by atoms with Crippen molar-refractivity contribution in [3.05, 3.63) is 34.6 Å². The Morgan fingerprint density at radius 3 is 2.85 bits per heavy atom. The van der Waals surface area contributed by atoms with Gasteiger partial charge in [-0.3, -0.25) is 4.90 Å². The first kappa shape index (κ1) is 15.7. The lowest BCUT2D eigenvalue weighted by molar-refractivity contribution is 0.164. The molecule has 112 valence electrons. The predicted molar refractivity (Wildman–Crippen MR) is 82.5 cm³/mol. The number of nitrogens with one attached hydrogen (secondary N) is 1. The molecule has 0 aromatic heterocycles. The van der Waals surface area contributed by atoms with Gasteiger partial charge in [0, 0.05) is 24.2 Å². The van der Waals surface area contributed by atoms with Crippen LogP contribution in [0.5, 0.6) is 0 Å². The summed E-state index contributed by atoms with van der Waals surface area (Å²) in [6.07, 6.45) is 2.54. The fourth-order valence-electron chi connectivity index (χ4n) is 2.74. The highest BCUT2D eigenvalue weighted by Crippen LogP contribution is 2.21. The van der Waals surface area contributed by atoms with Crippen molar-refractivity contribution >= 4 is 11.6 Å². The van der Waals surface area contributed by atoms with Crippen LogP contribution in [0.15, 0.2) is 18.2 Å². The minimum atomic E-state index is -0.272. The minimum Gasteiger partial charge on any atom is -0.316 e. The highest BCUT2D eigenvalue weighted by molar-refractivity contribution is 6.31. The van der Waals surface area contributed by atoms with Gasteiger partial charge in [0.2, 0.25) is 0 Å². The molecule has 2 nitrogen and oxygen atoms in total. The van der Waals surface area contributed by atoms with Gasteiger partial charge in [0.25, 0.3) is 0 Å². The van der Waals surface area contributed by atoms with Crippen LogP contribution in [0.3, 0.4) is 0 Å². The smallest absolute Gasteiger partial charge is 0.124 e. The summed E-state index contributed by atoms with van der Waals surface area (Å²) in [5.41, 5.74) is 1.01. The van der Waals surface area contributed by atoms with Gasteiger partial charge in [-0.2, -0.15) is 0 Å². The van der Waals surface area contributed by atoms with E-state index < -0.39 is 0 Å². The van der Waals surface area contributed by atoms with Gasteiger partial charge in [-0.25, -0.2) is 4.39 Å². The Morgan fingerprint density at radius 2 is 2.25 bits per heavy atom. The van der Waals surface area contributed by atoms with Gasteiger partial charge in [0.05, 0.1) is 0 Å². The molecular weight excluding hydrogens is 275 g/mol. The summed E-state index contributed by atoms with van der Waals surface area (Å²) in [6.45, 7) is 8.50. The molecule has 0 spiro atoms. The van der Waals surface area contributed by atoms with Crippen LogP contribution in [0.1, 0.15) is 32.3 Å². The molecule has 1 aromatic carbocycles. The molecule has 1 atom stereocenters. The van der Waals surface area contributed by atoms with E-state index in [1.54, 1.807) is 6.07 Å². The number of benzene rings is 1. The van der Waals surface area contributed by atoms with E-state index in [4.69, 9.17) is 11.6 Å². The van der Waals surface area contributed by atoms with Crippen LogP contribution in [-0.2, 0) is 6.54 Å². The fourth-order valence-corrected chi connectivity index (χ4v) is 2.97. The van der Waals surface area contributed by atoms with E-state index in [2.05, 4.69) is 24.1 Å². The molecule has 4 heteroatoms. The first-order valence-electron chi connectivity index (χ1n) is 7.45. The van der Waals surface area contributed by atoms with Crippen molar-refractivity contribution in [3.63, 3.8) is 0 Å². The summed E-state index contributed by atoms with van der Waals surface area (Å²) in [4.78, 5) is 2.43. The van der Waals surface area contributed by atoms with E-state index in [1.165, 1.54) is 25.0 Å². The molecule has 0 radical (unpaired) electrons. The van der Waals surface area contributed by atoms with Gasteiger partial charge in [-0.15, -0.1) is 0 Å². The maximum atomic E-state index is 13.1. The summed E-state index contributed by atoms with van der Waals surface area (Å²) in [7, 11) is 0. The summed E-state index contributed by atoms with van der Waals surface area (Å²) in [6, 6.07) is 5.14. The van der Waals surface area contributed by atoms with Crippen LogP contribution in [0, 0.1) is 11.7 Å². The fraction of sp³-hybridized carbons (Fsp3) is 0.625. The van der Waals surface area contributed by atoms with Gasteiger partial charge in [0.1, 0.15) is 5.82 Å². The van der Waals surface area contributed by atoms with Crippen LogP contribution in [0.25, 0.3) is 0 Å². The second kappa shape index (κ2) is 7.39. The molecule has 1 fully saturated rings. The lowest BCUT2D eigenvalue weighted by Crippen LogP contribution is -2.40. The van der Waals surface area contributed by atoms with E-state index in [0.717, 1.165) is 31.7 Å². The van der Waals surface area contributed by atoms with Gasteiger partial charge in [0.15, 0.2) is 0 Å². The number of halogens is 2. The van der Waals surface area contributed by atoms with Crippen LogP contribution < -0.4 is 5.32 Å². The van der Waals surface area contributed by atoms with Gasteiger partial charge in [-0.05, 0) is 63.4 Å². The number of nitrogens with zero attached hydrogens (tertiary/aromatic N) is 1. The van der Waals surface area contributed by atoms with Crippen molar-refractivity contribution in [1.82, 2.24) is 10.2 Å². The molecule has 1 N–H and O–H groups in total. The van der Waals surface area contributed by atoms with E-state index in [9.17, 15) is 4.39 Å². The summed E-state index contributed by atoms with van der Waals surface area (Å²) < 4.78 is 13.1. The molecule has 1 heterocycles. The zero-order chi connectivity index (χ0) is 14.5. The molecule has 2 rings (SSSR count). The predicted octanol–water partition coefficient (Wildman–Crippen LogP) is 3.69.